The van der Waals surface area contributed by atoms with Gasteiger partial charge in [-0.05, 0) is 30.5 Å². The summed E-state index contributed by atoms with van der Waals surface area (Å²) in [6.45, 7) is 2.33. The molecule has 1 aromatic rings. The molecule has 0 aliphatic heterocycles. The average molecular weight is 265 g/mol. The molecule has 0 aliphatic rings. The van der Waals surface area contributed by atoms with E-state index in [-0.39, 0.29) is 12.3 Å². The van der Waals surface area contributed by atoms with E-state index in [1.165, 1.54) is 0 Å². The van der Waals surface area contributed by atoms with Gasteiger partial charge in [-0.3, -0.25) is 0 Å². The number of benzene rings is 1. The molecule has 102 valence electrons. The zero-order valence-corrected chi connectivity index (χ0v) is 10.1. The van der Waals surface area contributed by atoms with Crippen molar-refractivity contribution >= 4 is 0 Å². The van der Waals surface area contributed by atoms with Gasteiger partial charge in [-0.15, -0.1) is 0 Å². The van der Waals surface area contributed by atoms with Gasteiger partial charge in [-0.2, -0.15) is 8.78 Å². The van der Waals surface area contributed by atoms with E-state index in [0.717, 1.165) is 0 Å². The first-order valence-electron chi connectivity index (χ1n) is 5.40. The summed E-state index contributed by atoms with van der Waals surface area (Å²) in [4.78, 5) is 0. The van der Waals surface area contributed by atoms with Gasteiger partial charge in [0.25, 0.3) is 0 Å². The molecule has 0 saturated carbocycles. The fourth-order valence-electron chi connectivity index (χ4n) is 1.60. The normalized spacial score (nSPS) is 12.2. The monoisotopic (exact) mass is 265 g/mol. The quantitative estimate of drug-likeness (QED) is 0.802. The van der Waals surface area contributed by atoms with Crippen LogP contribution in [0, 0.1) is 13.8 Å². The maximum absolute atomic E-state index is 12.6. The SMILES string of the molecule is Cc1cc(CNCC(F)(F)C(F)F)cc(C)c1O. The van der Waals surface area contributed by atoms with Crippen LogP contribution in [0.4, 0.5) is 17.6 Å². The van der Waals surface area contributed by atoms with Gasteiger partial charge in [0, 0.05) is 6.54 Å². The zero-order chi connectivity index (χ0) is 13.9. The summed E-state index contributed by atoms with van der Waals surface area (Å²) in [6.07, 6.45) is -3.67. The van der Waals surface area contributed by atoms with Crippen LogP contribution >= 0.6 is 0 Å². The first-order chi connectivity index (χ1) is 8.24. The Morgan fingerprint density at radius 2 is 1.72 bits per heavy atom. The molecule has 1 aromatic carbocycles. The number of aromatic hydroxyl groups is 1. The van der Waals surface area contributed by atoms with Crippen LogP contribution in [0.25, 0.3) is 0 Å². The Morgan fingerprint density at radius 3 is 2.17 bits per heavy atom. The zero-order valence-electron chi connectivity index (χ0n) is 10.1. The summed E-state index contributed by atoms with van der Waals surface area (Å²) in [5.41, 5.74) is 1.90. The number of nitrogens with one attached hydrogen (secondary N) is 1. The molecule has 1 rings (SSSR count). The Hall–Kier alpha value is -1.30. The van der Waals surface area contributed by atoms with Crippen molar-refractivity contribution in [3.63, 3.8) is 0 Å². The van der Waals surface area contributed by atoms with Crippen molar-refractivity contribution in [2.75, 3.05) is 6.54 Å². The number of phenolic OH excluding ortho intramolecular Hbond substituents is 1. The van der Waals surface area contributed by atoms with E-state index < -0.39 is 18.9 Å². The number of aryl methyl sites for hydroxylation is 2. The summed E-state index contributed by atoms with van der Waals surface area (Å²) in [5, 5.41) is 11.8. The Labute approximate surface area is 103 Å². The highest BCUT2D eigenvalue weighted by atomic mass is 19.3. The smallest absolute Gasteiger partial charge is 0.319 e. The Morgan fingerprint density at radius 1 is 1.22 bits per heavy atom. The predicted octanol–water partition coefficient (Wildman–Crippen LogP) is 3.00. The topological polar surface area (TPSA) is 32.3 Å². The molecule has 0 aromatic heterocycles. The first-order valence-corrected chi connectivity index (χ1v) is 5.40. The fourth-order valence-corrected chi connectivity index (χ4v) is 1.60. The van der Waals surface area contributed by atoms with Crippen molar-refractivity contribution in [3.8, 4) is 5.75 Å². The minimum absolute atomic E-state index is 0.0459. The Bertz CT molecular complexity index is 398. The van der Waals surface area contributed by atoms with E-state index >= 15 is 0 Å². The molecule has 18 heavy (non-hydrogen) atoms. The van der Waals surface area contributed by atoms with Crippen LogP contribution in [0.1, 0.15) is 16.7 Å². The number of hydrogen-bond donors (Lipinski definition) is 2. The Kier molecular flexibility index (Phi) is 4.56. The van der Waals surface area contributed by atoms with Gasteiger partial charge in [0.05, 0.1) is 6.54 Å². The Balaban J connectivity index is 2.60. The largest absolute Gasteiger partial charge is 0.507 e. The standard InChI is InChI=1S/C12H15F4NO/c1-7-3-9(4-8(2)10(7)18)5-17-6-12(15,16)11(13)14/h3-4,11,17-18H,5-6H2,1-2H3. The highest BCUT2D eigenvalue weighted by molar-refractivity contribution is 5.42. The van der Waals surface area contributed by atoms with Crippen LogP contribution < -0.4 is 5.32 Å². The number of phenols is 1. The van der Waals surface area contributed by atoms with Crippen molar-refractivity contribution in [1.82, 2.24) is 5.32 Å². The summed E-state index contributed by atoms with van der Waals surface area (Å²) in [7, 11) is 0. The number of rotatable bonds is 5. The van der Waals surface area contributed by atoms with E-state index in [2.05, 4.69) is 5.32 Å². The van der Waals surface area contributed by atoms with Gasteiger partial charge in [0.2, 0.25) is 0 Å². The van der Waals surface area contributed by atoms with Crippen LogP contribution in [0.15, 0.2) is 12.1 Å². The minimum atomic E-state index is -4.03. The summed E-state index contributed by atoms with van der Waals surface area (Å²) in [6, 6.07) is 3.24. The summed E-state index contributed by atoms with van der Waals surface area (Å²) < 4.78 is 49.0. The van der Waals surface area contributed by atoms with E-state index in [1.54, 1.807) is 26.0 Å². The highest BCUT2D eigenvalue weighted by Crippen LogP contribution is 2.24. The van der Waals surface area contributed by atoms with Gasteiger partial charge in [0.15, 0.2) is 0 Å². The third kappa shape index (κ3) is 3.60. The average Bonchev–Trinajstić information content (AvgIpc) is 2.25. The van der Waals surface area contributed by atoms with E-state index in [0.29, 0.717) is 16.7 Å². The van der Waals surface area contributed by atoms with Crippen LogP contribution in [-0.4, -0.2) is 24.0 Å². The third-order valence-corrected chi connectivity index (χ3v) is 2.56. The lowest BCUT2D eigenvalue weighted by atomic mass is 10.1. The first kappa shape index (κ1) is 14.8. The van der Waals surface area contributed by atoms with E-state index in [9.17, 15) is 22.7 Å². The van der Waals surface area contributed by atoms with Crippen LogP contribution in [-0.2, 0) is 6.54 Å². The molecular weight excluding hydrogens is 250 g/mol. The molecule has 0 atom stereocenters. The molecule has 0 fully saturated rings. The summed E-state index contributed by atoms with van der Waals surface area (Å²) in [5.74, 6) is -3.88. The fraction of sp³-hybridized carbons (Fsp3) is 0.500. The van der Waals surface area contributed by atoms with Crippen LogP contribution in [0.3, 0.4) is 0 Å². The molecule has 0 unspecified atom stereocenters. The van der Waals surface area contributed by atoms with E-state index in [4.69, 9.17) is 0 Å². The van der Waals surface area contributed by atoms with Gasteiger partial charge in [-0.1, -0.05) is 12.1 Å². The van der Waals surface area contributed by atoms with Crippen molar-refractivity contribution in [2.45, 2.75) is 32.7 Å². The van der Waals surface area contributed by atoms with Crippen molar-refractivity contribution in [2.24, 2.45) is 0 Å². The van der Waals surface area contributed by atoms with Gasteiger partial charge in [0.1, 0.15) is 5.75 Å². The number of alkyl halides is 4. The second kappa shape index (κ2) is 5.56. The summed E-state index contributed by atoms with van der Waals surface area (Å²) >= 11 is 0. The molecule has 2 N–H and O–H groups in total. The number of halogens is 4. The lowest BCUT2D eigenvalue weighted by Gasteiger charge is -2.16. The lowest BCUT2D eigenvalue weighted by Crippen LogP contribution is -2.38. The predicted molar refractivity (Wildman–Crippen MR) is 60.2 cm³/mol. The van der Waals surface area contributed by atoms with Gasteiger partial charge >= 0.3 is 12.3 Å². The number of hydrogen-bond acceptors (Lipinski definition) is 2. The van der Waals surface area contributed by atoms with Crippen LogP contribution in [0.2, 0.25) is 0 Å². The maximum atomic E-state index is 12.6. The molecule has 2 nitrogen and oxygen atoms in total. The molecule has 0 aliphatic carbocycles. The molecule has 0 heterocycles. The second-order valence-corrected chi connectivity index (χ2v) is 4.24. The third-order valence-electron chi connectivity index (χ3n) is 2.56. The molecule has 0 saturated heterocycles. The molecular formula is C12H15F4NO. The molecule has 0 bridgehead atoms. The second-order valence-electron chi connectivity index (χ2n) is 4.24. The van der Waals surface area contributed by atoms with E-state index in [1.807, 2.05) is 0 Å². The van der Waals surface area contributed by atoms with Crippen molar-refractivity contribution in [3.05, 3.63) is 28.8 Å². The minimum Gasteiger partial charge on any atom is -0.507 e. The maximum Gasteiger partial charge on any atom is 0.319 e. The molecule has 0 amide bonds. The van der Waals surface area contributed by atoms with Crippen LogP contribution in [0.5, 0.6) is 5.75 Å². The van der Waals surface area contributed by atoms with Gasteiger partial charge in [-0.25, -0.2) is 8.78 Å². The van der Waals surface area contributed by atoms with Gasteiger partial charge < -0.3 is 10.4 Å². The molecule has 0 spiro atoms. The highest BCUT2D eigenvalue weighted by Gasteiger charge is 2.39. The van der Waals surface area contributed by atoms with Crippen molar-refractivity contribution in [1.29, 1.82) is 0 Å². The van der Waals surface area contributed by atoms with Crippen molar-refractivity contribution < 1.29 is 22.7 Å². The molecule has 6 heteroatoms. The lowest BCUT2D eigenvalue weighted by molar-refractivity contribution is -0.125. The molecule has 0 radical (unpaired) electrons.